The van der Waals surface area contributed by atoms with E-state index in [2.05, 4.69) is 192 Å². The molecule has 0 amide bonds. The first-order valence-electron chi connectivity index (χ1n) is 51.0. The quantitative estimate of drug-likeness (QED) is 0.0383. The van der Waals surface area contributed by atoms with Crippen LogP contribution in [0.1, 0.15) is 180 Å². The summed E-state index contributed by atoms with van der Waals surface area (Å²) in [5, 5.41) is 51.3. The minimum Gasteiger partial charge on any atom is -0.394 e. The highest BCUT2D eigenvalue weighted by Gasteiger charge is 2.22. The van der Waals surface area contributed by atoms with Crippen molar-refractivity contribution in [2.24, 2.45) is 0 Å². The molecule has 726 valence electrons. The topological polar surface area (TPSA) is 251 Å². The lowest BCUT2D eigenvalue weighted by Crippen LogP contribution is -2.20. The number of benzene rings is 6. The van der Waals surface area contributed by atoms with Crippen LogP contribution in [0.5, 0.6) is 0 Å². The van der Waals surface area contributed by atoms with Crippen molar-refractivity contribution in [2.45, 2.75) is 168 Å². The number of halogens is 1. The number of aliphatic hydroxyl groups is 1. The average molecular weight is 1910 g/mol. The van der Waals surface area contributed by atoms with Gasteiger partial charge in [0.15, 0.2) is 45.9 Å². The van der Waals surface area contributed by atoms with Gasteiger partial charge in [-0.05, 0) is 311 Å². The molecule has 142 heavy (non-hydrogen) atoms. The summed E-state index contributed by atoms with van der Waals surface area (Å²) in [6.07, 6.45) is 38.7. The van der Waals surface area contributed by atoms with Crippen LogP contribution in [0, 0.1) is 6.92 Å². The normalized spacial score (nSPS) is 14.5. The van der Waals surface area contributed by atoms with E-state index in [9.17, 15) is 0 Å². The first-order valence-corrected chi connectivity index (χ1v) is 51.3. The Morgan fingerprint density at radius 3 is 0.993 bits per heavy atom. The summed E-state index contributed by atoms with van der Waals surface area (Å²) >= 11 is 6.01. The summed E-state index contributed by atoms with van der Waals surface area (Å²) < 4.78 is 20.3. The molecule has 28 heteroatoms. The Kier molecular flexibility index (Phi) is 31.3. The molecule has 4 fully saturated rings. The lowest BCUT2D eigenvalue weighted by molar-refractivity contribution is 0.269. The van der Waals surface area contributed by atoms with Gasteiger partial charge in [0.2, 0.25) is 0 Å². The fourth-order valence-corrected chi connectivity index (χ4v) is 20.1. The van der Waals surface area contributed by atoms with Gasteiger partial charge < -0.3 is 29.2 Å². The molecule has 19 aromatic rings. The molecule has 4 saturated heterocycles. The molecule has 0 saturated carbocycles. The molecule has 13 aromatic heterocycles. The molecule has 0 spiro atoms. The lowest BCUT2D eigenvalue weighted by atomic mass is 10.1. The Bertz CT molecular complexity index is 7220. The number of nitrogens with zero attached hydrogens (tertiary/aromatic N) is 25. The Hall–Kier alpha value is -14.1. The van der Waals surface area contributed by atoms with Crippen molar-refractivity contribution in [3.63, 3.8) is 0 Å². The van der Waals surface area contributed by atoms with Gasteiger partial charge in [-0.2, -0.15) is 40.8 Å². The van der Waals surface area contributed by atoms with Crippen molar-refractivity contribution in [2.75, 3.05) is 85.1 Å². The number of hydrogen-bond donors (Lipinski definition) is 1. The highest BCUT2D eigenvalue weighted by molar-refractivity contribution is 6.30. The highest BCUT2D eigenvalue weighted by Crippen LogP contribution is 2.30. The summed E-state index contributed by atoms with van der Waals surface area (Å²) in [5.41, 5.74) is 25.0. The van der Waals surface area contributed by atoms with Crippen LogP contribution >= 0.6 is 11.6 Å². The first kappa shape index (κ1) is 95.5. The van der Waals surface area contributed by atoms with Crippen molar-refractivity contribution < 1.29 is 9.63 Å². The zero-order chi connectivity index (χ0) is 96.1. The van der Waals surface area contributed by atoms with E-state index >= 15 is 0 Å². The highest BCUT2D eigenvalue weighted by atomic mass is 35.5. The van der Waals surface area contributed by atoms with E-state index in [1.165, 1.54) is 206 Å². The summed E-state index contributed by atoms with van der Waals surface area (Å²) in [7, 11) is 0. The van der Waals surface area contributed by atoms with Crippen LogP contribution in [-0.4, -0.2) is 213 Å². The van der Waals surface area contributed by atoms with Crippen molar-refractivity contribution in [1.29, 1.82) is 0 Å². The van der Waals surface area contributed by atoms with Crippen LogP contribution in [0.3, 0.4) is 0 Å². The van der Waals surface area contributed by atoms with E-state index in [4.69, 9.17) is 61.6 Å². The Labute approximate surface area is 834 Å². The van der Waals surface area contributed by atoms with E-state index in [0.29, 0.717) is 38.9 Å². The molecule has 0 aliphatic carbocycles. The number of rotatable bonds is 36. The minimum atomic E-state index is 0.0655. The summed E-state index contributed by atoms with van der Waals surface area (Å²) in [6, 6.07) is 80.4. The molecule has 1 unspecified atom stereocenters. The van der Waals surface area contributed by atoms with Crippen molar-refractivity contribution >= 4 is 34.2 Å². The number of aryl methyl sites for hydroxylation is 5. The fourth-order valence-electron chi connectivity index (χ4n) is 19.9. The van der Waals surface area contributed by atoms with Crippen LogP contribution in [0.2, 0.25) is 5.02 Å². The Balaban J connectivity index is 0.000000116. The smallest absolute Gasteiger partial charge is 0.156 e. The standard InChI is InChI=1S/C31H34N6.C30H31ClN6.C28H31N7O.C25H30N6O/c1-24(27-10-3-2-4-11-27)36-23-28(22-32-36)29-12-7-13-31-33-30(34-37(29)31)21-26-16-14-25(15-17-26)9-8-20-35-18-5-6-19-35;31-27-14-12-25(13-15-27)21-36-22-26(20-32-36)28-6-3-7-30-33-29(34-37(28)30)19-24-10-8-23(9-11-24)5-4-18-35-16-1-2-17-35;1-21-16-25(32-36-21)20-34-19-24(18-29-34)26-7-4-8-28-30-27(31-35(26)28)17-23-11-9-22(10-12-23)6-5-15-33-13-2-3-14-33;32-16-15-30-19-22(18-26-30)23-6-3-7-25-27-24(28-31(23)25)17-21-10-8-20(9-11-21)5-4-14-29-12-1-2-13-29/h2-4,7,10-17,22-24H,5-6,8-9,18-21H2,1H3;3,6-15,20,22H,1-2,4-5,16-19,21H2;4,7-12,16,18-19H,2-3,5-6,13-15,17,20H2,1H3;3,6-11,18-19,32H,1-2,4-5,12-17H2. The fraction of sp³-hybridized carbons (Fsp3) is 0.342. The maximum Gasteiger partial charge on any atom is 0.156 e. The second kappa shape index (κ2) is 46.6. The van der Waals surface area contributed by atoms with Crippen LogP contribution in [0.15, 0.2) is 285 Å². The number of fused-ring (bicyclic) bond motifs is 4. The van der Waals surface area contributed by atoms with E-state index in [1.54, 1.807) is 10.9 Å². The Morgan fingerprint density at radius 2 is 0.648 bits per heavy atom. The van der Waals surface area contributed by atoms with Crippen LogP contribution in [-0.2, 0) is 71.0 Å². The first-order chi connectivity index (χ1) is 69.9. The molecule has 6 aromatic carbocycles. The SMILES string of the molecule is CC(c1ccccc1)n1cc(-c2cccc3nc(Cc4ccc(CCCN5CCCC5)cc4)nn23)cn1.Cc1cc(Cn2cc(-c3cccc4nc(Cc5ccc(CCCN6CCCC6)cc5)nn34)cn2)no1.Clc1ccc(Cn2cc(-c3cccc4nc(Cc5ccc(CCCN6CCCC6)cc5)nn34)cn2)cc1.OCCn1cc(-c2cccc3nc(Cc4ccc(CCCN5CCCC5)cc4)nn23)cn1. The van der Waals surface area contributed by atoms with E-state index in [1.807, 2.05) is 173 Å². The van der Waals surface area contributed by atoms with Gasteiger partial charge in [0, 0.05) is 83.8 Å². The molecule has 4 aliphatic rings. The molecule has 4 aliphatic heterocycles. The minimum absolute atomic E-state index is 0.0655. The molecule has 1 N–H and O–H groups in total. The third-order valence-corrected chi connectivity index (χ3v) is 27.9. The number of hydrogen-bond acceptors (Lipinski definition) is 19. The van der Waals surface area contributed by atoms with Crippen LogP contribution in [0.4, 0.5) is 0 Å². The zero-order valence-electron chi connectivity index (χ0n) is 81.5. The zero-order valence-corrected chi connectivity index (χ0v) is 82.3. The lowest BCUT2D eigenvalue weighted by Gasteiger charge is -2.13. The Morgan fingerprint density at radius 1 is 0.331 bits per heavy atom. The summed E-state index contributed by atoms with van der Waals surface area (Å²) in [4.78, 5) is 29.5. The molecular formula is C114H126ClN25O2. The largest absolute Gasteiger partial charge is 0.394 e. The number of aliphatic hydroxyl groups excluding tert-OH is 1. The number of pyridine rings is 4. The molecule has 17 heterocycles. The number of aromatic nitrogens is 21. The van der Waals surface area contributed by atoms with Gasteiger partial charge in [-0.25, -0.2) is 38.0 Å². The molecule has 27 nitrogen and oxygen atoms in total. The van der Waals surface area contributed by atoms with E-state index < -0.39 is 0 Å². The molecule has 23 rings (SSSR count). The molecule has 1 atom stereocenters. The number of likely N-dealkylation sites (tertiary alicyclic amines) is 4. The van der Waals surface area contributed by atoms with Gasteiger partial charge in [0.25, 0.3) is 0 Å². The van der Waals surface area contributed by atoms with Crippen LogP contribution in [0.25, 0.3) is 67.6 Å². The predicted octanol–water partition coefficient (Wildman–Crippen LogP) is 19.5. The van der Waals surface area contributed by atoms with Gasteiger partial charge in [-0.15, -0.1) is 0 Å². The van der Waals surface area contributed by atoms with Gasteiger partial charge >= 0.3 is 0 Å². The third kappa shape index (κ3) is 25.1. The van der Waals surface area contributed by atoms with Gasteiger partial charge in [0.05, 0.1) is 79.8 Å². The van der Waals surface area contributed by atoms with Crippen molar-refractivity contribution in [3.05, 3.63) is 376 Å². The van der Waals surface area contributed by atoms with Gasteiger partial charge in [0.1, 0.15) is 11.5 Å². The molecule has 0 radical (unpaired) electrons. The second-order valence-electron chi connectivity index (χ2n) is 38.3. The van der Waals surface area contributed by atoms with Crippen molar-refractivity contribution in [3.8, 4) is 45.0 Å². The average Bonchev–Trinajstić information content (AvgIpc) is 1.66. The maximum absolute atomic E-state index is 9.13. The van der Waals surface area contributed by atoms with E-state index in [0.717, 1.165) is 145 Å². The molecule has 0 bridgehead atoms. The second-order valence-corrected chi connectivity index (χ2v) is 38.8. The van der Waals surface area contributed by atoms with Gasteiger partial charge in [-0.3, -0.25) is 18.7 Å². The maximum atomic E-state index is 9.13. The third-order valence-electron chi connectivity index (χ3n) is 27.7. The van der Waals surface area contributed by atoms with Gasteiger partial charge in [-0.1, -0.05) is 181 Å². The van der Waals surface area contributed by atoms with Crippen LogP contribution < -0.4 is 0 Å². The molecular weight excluding hydrogens is 1790 g/mol. The monoisotopic (exact) mass is 1910 g/mol. The summed E-state index contributed by atoms with van der Waals surface area (Å²) in [6.45, 7) is 20.9. The predicted molar refractivity (Wildman–Crippen MR) is 558 cm³/mol. The van der Waals surface area contributed by atoms with E-state index in [-0.39, 0.29) is 12.6 Å². The summed E-state index contributed by atoms with van der Waals surface area (Å²) in [5.74, 6) is 4.07. The van der Waals surface area contributed by atoms with Crippen molar-refractivity contribution in [1.82, 2.24) is 122 Å².